The zero-order chi connectivity index (χ0) is 14.7. The first-order chi connectivity index (χ1) is 10.2. The van der Waals surface area contributed by atoms with Crippen LogP contribution in [0.2, 0.25) is 0 Å². The van der Waals surface area contributed by atoms with Gasteiger partial charge in [0.15, 0.2) is 0 Å². The van der Waals surface area contributed by atoms with Crippen molar-refractivity contribution >= 4 is 22.4 Å². The van der Waals surface area contributed by atoms with Gasteiger partial charge in [-0.05, 0) is 18.2 Å². The molecule has 2 heterocycles. The number of H-pyrrole nitrogens is 1. The van der Waals surface area contributed by atoms with E-state index in [2.05, 4.69) is 20.5 Å². The fourth-order valence-electron chi connectivity index (χ4n) is 2.10. The SMILES string of the molecule is O=C(Cc1n[nH]c(=O)c2ccccc12)Nc1ccncc1. The summed E-state index contributed by atoms with van der Waals surface area (Å²) in [6.07, 6.45) is 3.28. The molecule has 2 aromatic heterocycles. The molecular weight excluding hydrogens is 268 g/mol. The molecule has 1 aromatic carbocycles. The Morgan fingerprint density at radius 3 is 2.57 bits per heavy atom. The lowest BCUT2D eigenvalue weighted by Gasteiger charge is -2.06. The van der Waals surface area contributed by atoms with Crippen molar-refractivity contribution in [2.24, 2.45) is 0 Å². The number of pyridine rings is 1. The lowest BCUT2D eigenvalue weighted by molar-refractivity contribution is -0.115. The van der Waals surface area contributed by atoms with E-state index in [1.165, 1.54) is 0 Å². The summed E-state index contributed by atoms with van der Waals surface area (Å²) in [4.78, 5) is 27.6. The molecule has 2 N–H and O–H groups in total. The van der Waals surface area contributed by atoms with Gasteiger partial charge >= 0.3 is 0 Å². The number of benzene rings is 1. The summed E-state index contributed by atoms with van der Waals surface area (Å²) in [6, 6.07) is 10.5. The average molecular weight is 280 g/mol. The molecule has 0 saturated heterocycles. The monoisotopic (exact) mass is 280 g/mol. The fraction of sp³-hybridized carbons (Fsp3) is 0.0667. The second-order valence-electron chi connectivity index (χ2n) is 4.51. The first-order valence-electron chi connectivity index (χ1n) is 6.40. The van der Waals surface area contributed by atoms with Crippen molar-refractivity contribution in [1.82, 2.24) is 15.2 Å². The van der Waals surface area contributed by atoms with E-state index < -0.39 is 0 Å². The predicted octanol–water partition coefficient (Wildman–Crippen LogP) is 1.50. The summed E-state index contributed by atoms with van der Waals surface area (Å²) in [6.45, 7) is 0. The molecule has 0 aliphatic heterocycles. The van der Waals surface area contributed by atoms with Crippen molar-refractivity contribution in [3.05, 3.63) is 64.8 Å². The normalized spacial score (nSPS) is 10.5. The molecule has 21 heavy (non-hydrogen) atoms. The van der Waals surface area contributed by atoms with E-state index in [0.29, 0.717) is 22.2 Å². The van der Waals surface area contributed by atoms with Gasteiger partial charge in [0.25, 0.3) is 5.56 Å². The van der Waals surface area contributed by atoms with Crippen molar-refractivity contribution in [2.45, 2.75) is 6.42 Å². The lowest BCUT2D eigenvalue weighted by atomic mass is 10.1. The van der Waals surface area contributed by atoms with Crippen molar-refractivity contribution in [2.75, 3.05) is 5.32 Å². The predicted molar refractivity (Wildman–Crippen MR) is 78.9 cm³/mol. The molecule has 0 spiro atoms. The zero-order valence-corrected chi connectivity index (χ0v) is 11.0. The molecule has 3 rings (SSSR count). The van der Waals surface area contributed by atoms with Gasteiger partial charge in [-0.15, -0.1) is 0 Å². The number of aromatic amines is 1. The van der Waals surface area contributed by atoms with E-state index in [0.717, 1.165) is 0 Å². The molecule has 0 radical (unpaired) electrons. The summed E-state index contributed by atoms with van der Waals surface area (Å²) in [5.74, 6) is -0.203. The van der Waals surface area contributed by atoms with Gasteiger partial charge in [0.05, 0.1) is 17.5 Å². The van der Waals surface area contributed by atoms with E-state index >= 15 is 0 Å². The van der Waals surface area contributed by atoms with Gasteiger partial charge in [0, 0.05) is 23.5 Å². The molecule has 0 atom stereocenters. The molecule has 0 saturated carbocycles. The Morgan fingerprint density at radius 1 is 1.10 bits per heavy atom. The molecule has 0 aliphatic rings. The third-order valence-corrected chi connectivity index (χ3v) is 3.07. The highest BCUT2D eigenvalue weighted by Gasteiger charge is 2.10. The van der Waals surface area contributed by atoms with Crippen LogP contribution in [0.5, 0.6) is 0 Å². The Kier molecular flexibility index (Phi) is 3.42. The van der Waals surface area contributed by atoms with E-state index in [1.54, 1.807) is 42.7 Å². The number of hydrogen-bond acceptors (Lipinski definition) is 4. The minimum Gasteiger partial charge on any atom is -0.326 e. The molecule has 6 heteroatoms. The number of carbonyl (C=O) groups excluding carboxylic acids is 1. The molecular formula is C15H12N4O2. The van der Waals surface area contributed by atoms with Crippen LogP contribution in [0.3, 0.4) is 0 Å². The Bertz CT molecular complexity index is 843. The number of anilines is 1. The molecule has 0 unspecified atom stereocenters. The van der Waals surface area contributed by atoms with Gasteiger partial charge in [-0.3, -0.25) is 14.6 Å². The van der Waals surface area contributed by atoms with Gasteiger partial charge in [0.1, 0.15) is 0 Å². The summed E-state index contributed by atoms with van der Waals surface area (Å²) >= 11 is 0. The number of nitrogens with zero attached hydrogens (tertiary/aromatic N) is 2. The second-order valence-corrected chi connectivity index (χ2v) is 4.51. The summed E-state index contributed by atoms with van der Waals surface area (Å²) in [5, 5.41) is 10.4. The van der Waals surface area contributed by atoms with E-state index in [4.69, 9.17) is 0 Å². The van der Waals surface area contributed by atoms with Crippen LogP contribution in [0.1, 0.15) is 5.69 Å². The number of nitrogens with one attached hydrogen (secondary N) is 2. The van der Waals surface area contributed by atoms with Crippen molar-refractivity contribution < 1.29 is 4.79 Å². The topological polar surface area (TPSA) is 87.7 Å². The summed E-state index contributed by atoms with van der Waals surface area (Å²) in [7, 11) is 0. The lowest BCUT2D eigenvalue weighted by Crippen LogP contribution is -2.18. The summed E-state index contributed by atoms with van der Waals surface area (Å²) in [5.41, 5.74) is 0.948. The maximum Gasteiger partial charge on any atom is 0.272 e. The van der Waals surface area contributed by atoms with Crippen LogP contribution in [0, 0.1) is 0 Å². The van der Waals surface area contributed by atoms with Crippen LogP contribution in [-0.2, 0) is 11.2 Å². The Labute approximate surface area is 119 Å². The smallest absolute Gasteiger partial charge is 0.272 e. The van der Waals surface area contributed by atoms with Crippen LogP contribution >= 0.6 is 0 Å². The van der Waals surface area contributed by atoms with Crippen LogP contribution in [0.15, 0.2) is 53.6 Å². The molecule has 0 fully saturated rings. The number of aromatic nitrogens is 3. The number of amides is 1. The maximum atomic E-state index is 12.0. The molecule has 3 aromatic rings. The van der Waals surface area contributed by atoms with Gasteiger partial charge < -0.3 is 5.32 Å². The fourth-order valence-corrected chi connectivity index (χ4v) is 2.10. The van der Waals surface area contributed by atoms with Crippen LogP contribution < -0.4 is 10.9 Å². The molecule has 0 aliphatic carbocycles. The Hall–Kier alpha value is -3.02. The molecule has 1 amide bonds. The quantitative estimate of drug-likeness (QED) is 0.761. The Balaban J connectivity index is 1.87. The average Bonchev–Trinajstić information content (AvgIpc) is 2.51. The highest BCUT2D eigenvalue weighted by Crippen LogP contribution is 2.13. The molecule has 104 valence electrons. The third kappa shape index (κ3) is 2.79. The minimum absolute atomic E-state index is 0.0830. The van der Waals surface area contributed by atoms with Gasteiger partial charge in [0.2, 0.25) is 5.91 Å². The van der Waals surface area contributed by atoms with Crippen LogP contribution in [0.25, 0.3) is 10.8 Å². The summed E-state index contributed by atoms with van der Waals surface area (Å²) < 4.78 is 0. The first-order valence-corrected chi connectivity index (χ1v) is 6.40. The van der Waals surface area contributed by atoms with E-state index in [1.807, 2.05) is 6.07 Å². The zero-order valence-electron chi connectivity index (χ0n) is 11.0. The van der Waals surface area contributed by atoms with Crippen molar-refractivity contribution in [3.8, 4) is 0 Å². The van der Waals surface area contributed by atoms with Gasteiger partial charge in [-0.25, -0.2) is 5.10 Å². The van der Waals surface area contributed by atoms with Gasteiger partial charge in [-0.2, -0.15) is 5.10 Å². The van der Waals surface area contributed by atoms with Gasteiger partial charge in [-0.1, -0.05) is 18.2 Å². The Morgan fingerprint density at radius 2 is 1.81 bits per heavy atom. The van der Waals surface area contributed by atoms with Crippen molar-refractivity contribution in [1.29, 1.82) is 0 Å². The van der Waals surface area contributed by atoms with E-state index in [-0.39, 0.29) is 17.9 Å². The van der Waals surface area contributed by atoms with Crippen LogP contribution in [-0.4, -0.2) is 21.1 Å². The number of carbonyl (C=O) groups is 1. The molecule has 0 bridgehead atoms. The molecule has 6 nitrogen and oxygen atoms in total. The highest BCUT2D eigenvalue weighted by molar-refractivity contribution is 5.95. The number of hydrogen-bond donors (Lipinski definition) is 2. The number of fused-ring (bicyclic) bond motifs is 1. The largest absolute Gasteiger partial charge is 0.326 e. The van der Waals surface area contributed by atoms with E-state index in [9.17, 15) is 9.59 Å². The van der Waals surface area contributed by atoms with Crippen LogP contribution in [0.4, 0.5) is 5.69 Å². The second kappa shape index (κ2) is 5.54. The highest BCUT2D eigenvalue weighted by atomic mass is 16.1. The number of rotatable bonds is 3. The minimum atomic E-state index is -0.260. The third-order valence-electron chi connectivity index (χ3n) is 3.07. The maximum absolute atomic E-state index is 12.0. The first kappa shape index (κ1) is 13.0. The standard InChI is InChI=1S/C15H12N4O2/c20-14(17-10-5-7-16-8-6-10)9-13-11-3-1-2-4-12(11)15(21)19-18-13/h1-8H,9H2,(H,19,21)(H,16,17,20). The van der Waals surface area contributed by atoms with Crippen molar-refractivity contribution in [3.63, 3.8) is 0 Å².